The van der Waals surface area contributed by atoms with Crippen LogP contribution in [-0.4, -0.2) is 57.2 Å². The van der Waals surface area contributed by atoms with Crippen LogP contribution in [0.25, 0.3) is 5.82 Å². The molecule has 0 spiro atoms. The van der Waals surface area contributed by atoms with Gasteiger partial charge in [0, 0.05) is 37.7 Å². The minimum absolute atomic E-state index is 0. The minimum Gasteiger partial charge on any atom is -0.450 e. The third kappa shape index (κ3) is 6.08. The number of amides is 1. The first-order valence-electron chi connectivity index (χ1n) is 9.07. The van der Waals surface area contributed by atoms with E-state index in [0.29, 0.717) is 32.2 Å². The quantitative estimate of drug-likeness (QED) is 0.370. The Bertz CT molecular complexity index is 774. The van der Waals surface area contributed by atoms with Crippen molar-refractivity contribution in [1.29, 1.82) is 0 Å². The van der Waals surface area contributed by atoms with E-state index in [1.54, 1.807) is 23.6 Å². The molecule has 2 aromatic heterocycles. The number of imidazole rings is 1. The molecule has 0 bridgehead atoms. The van der Waals surface area contributed by atoms with E-state index >= 15 is 0 Å². The molecule has 1 fully saturated rings. The number of nitrogens with one attached hydrogen (secondary N) is 1. The van der Waals surface area contributed by atoms with Gasteiger partial charge in [-0.2, -0.15) is 0 Å². The predicted molar refractivity (Wildman–Crippen MR) is 117 cm³/mol. The van der Waals surface area contributed by atoms with Crippen LogP contribution < -0.4 is 11.1 Å². The number of aromatic nitrogens is 3. The van der Waals surface area contributed by atoms with Gasteiger partial charge in [-0.3, -0.25) is 4.57 Å². The maximum atomic E-state index is 11.7. The third-order valence-corrected chi connectivity index (χ3v) is 4.38. The summed E-state index contributed by atoms with van der Waals surface area (Å²) in [6, 6.07) is 4.07. The van der Waals surface area contributed by atoms with E-state index in [1.807, 2.05) is 29.8 Å². The van der Waals surface area contributed by atoms with Crippen LogP contribution >= 0.6 is 24.0 Å². The molecule has 152 valence electrons. The first-order chi connectivity index (χ1) is 13.2. The molecule has 28 heavy (non-hydrogen) atoms. The summed E-state index contributed by atoms with van der Waals surface area (Å²) >= 11 is 0. The number of piperidine rings is 1. The van der Waals surface area contributed by atoms with Gasteiger partial charge in [0.15, 0.2) is 5.96 Å². The standard InChI is InChI=1S/C18H25N7O2.HI/c1-2-27-18(26)24-8-4-15(5-9-24)23-17(19)22-12-14-3-6-21-16(11-14)25-10-7-20-13-25;/h3,6-7,10-11,13,15H,2,4-5,8-9,12H2,1H3,(H3,19,22,23);1H. The maximum absolute atomic E-state index is 11.7. The Labute approximate surface area is 181 Å². The fraction of sp³-hybridized carbons (Fsp3) is 0.444. The number of carbonyl (C=O) groups excluding carboxylic acids is 1. The normalized spacial score (nSPS) is 15.0. The number of nitrogens with two attached hydrogens (primary N) is 1. The minimum atomic E-state index is -0.246. The maximum Gasteiger partial charge on any atom is 0.409 e. The molecular formula is C18H26IN7O2. The van der Waals surface area contributed by atoms with Crippen molar-refractivity contribution in [3.8, 4) is 5.82 Å². The second-order valence-electron chi connectivity index (χ2n) is 6.30. The number of halogens is 1. The lowest BCUT2D eigenvalue weighted by Crippen LogP contribution is -2.48. The molecule has 3 rings (SSSR count). The molecule has 0 unspecified atom stereocenters. The van der Waals surface area contributed by atoms with E-state index in [1.165, 1.54) is 0 Å². The monoisotopic (exact) mass is 499 g/mol. The van der Waals surface area contributed by atoms with Crippen LogP contribution in [-0.2, 0) is 11.3 Å². The van der Waals surface area contributed by atoms with Crippen molar-refractivity contribution >= 4 is 36.0 Å². The number of hydrogen-bond acceptors (Lipinski definition) is 5. The van der Waals surface area contributed by atoms with Crippen LogP contribution in [0.4, 0.5) is 4.79 Å². The van der Waals surface area contributed by atoms with Gasteiger partial charge in [-0.15, -0.1) is 24.0 Å². The van der Waals surface area contributed by atoms with Crippen LogP contribution in [0.15, 0.2) is 42.0 Å². The summed E-state index contributed by atoms with van der Waals surface area (Å²) in [5.41, 5.74) is 7.04. The van der Waals surface area contributed by atoms with Crippen LogP contribution in [0.2, 0.25) is 0 Å². The molecule has 2 aromatic rings. The first-order valence-corrected chi connectivity index (χ1v) is 9.07. The van der Waals surface area contributed by atoms with Crippen molar-refractivity contribution in [2.24, 2.45) is 10.7 Å². The number of pyridine rings is 1. The number of likely N-dealkylation sites (tertiary alicyclic amines) is 1. The molecule has 1 amide bonds. The van der Waals surface area contributed by atoms with E-state index < -0.39 is 0 Å². The summed E-state index contributed by atoms with van der Waals surface area (Å²) in [4.78, 5) is 26.2. The smallest absolute Gasteiger partial charge is 0.409 e. The Morgan fingerprint density at radius 1 is 1.39 bits per heavy atom. The molecule has 0 atom stereocenters. The van der Waals surface area contributed by atoms with Gasteiger partial charge in [-0.1, -0.05) is 0 Å². The average molecular weight is 499 g/mol. The van der Waals surface area contributed by atoms with Crippen LogP contribution in [0, 0.1) is 0 Å². The number of nitrogens with zero attached hydrogens (tertiary/aromatic N) is 5. The van der Waals surface area contributed by atoms with Gasteiger partial charge in [0.1, 0.15) is 12.1 Å². The molecule has 0 aliphatic carbocycles. The lowest BCUT2D eigenvalue weighted by atomic mass is 10.1. The zero-order valence-electron chi connectivity index (χ0n) is 15.8. The number of rotatable bonds is 5. The molecule has 1 aliphatic rings. The lowest BCUT2D eigenvalue weighted by molar-refractivity contribution is 0.0963. The number of hydrogen-bond donors (Lipinski definition) is 2. The van der Waals surface area contributed by atoms with Crippen molar-refractivity contribution in [2.45, 2.75) is 32.4 Å². The molecule has 3 heterocycles. The van der Waals surface area contributed by atoms with E-state index in [2.05, 4.69) is 20.3 Å². The Morgan fingerprint density at radius 2 is 2.18 bits per heavy atom. The second kappa shape index (κ2) is 10.8. The predicted octanol–water partition coefficient (Wildman–Crippen LogP) is 1.91. The second-order valence-corrected chi connectivity index (χ2v) is 6.30. The van der Waals surface area contributed by atoms with Gasteiger partial charge >= 0.3 is 6.09 Å². The van der Waals surface area contributed by atoms with Crippen molar-refractivity contribution < 1.29 is 9.53 Å². The van der Waals surface area contributed by atoms with Crippen LogP contribution in [0.5, 0.6) is 0 Å². The topological polar surface area (TPSA) is 111 Å². The lowest BCUT2D eigenvalue weighted by Gasteiger charge is -2.31. The van der Waals surface area contributed by atoms with E-state index in [0.717, 1.165) is 24.2 Å². The Balaban J connectivity index is 0.00000280. The summed E-state index contributed by atoms with van der Waals surface area (Å²) in [5.74, 6) is 1.20. The van der Waals surface area contributed by atoms with Crippen molar-refractivity contribution in [1.82, 2.24) is 24.8 Å². The summed E-state index contributed by atoms with van der Waals surface area (Å²) in [7, 11) is 0. The zero-order valence-corrected chi connectivity index (χ0v) is 18.2. The molecule has 9 nitrogen and oxygen atoms in total. The molecule has 0 saturated carbocycles. The van der Waals surface area contributed by atoms with E-state index in [4.69, 9.17) is 10.5 Å². The molecule has 0 aromatic carbocycles. The summed E-state index contributed by atoms with van der Waals surface area (Å²) in [6.07, 6.45) is 8.38. The first kappa shape index (κ1) is 21.9. The average Bonchev–Trinajstić information content (AvgIpc) is 3.22. The van der Waals surface area contributed by atoms with Gasteiger partial charge in [0.25, 0.3) is 0 Å². The van der Waals surface area contributed by atoms with Crippen LogP contribution in [0.3, 0.4) is 0 Å². The van der Waals surface area contributed by atoms with Crippen molar-refractivity contribution in [3.05, 3.63) is 42.6 Å². The van der Waals surface area contributed by atoms with Crippen molar-refractivity contribution in [3.63, 3.8) is 0 Å². The van der Waals surface area contributed by atoms with Gasteiger partial charge in [-0.25, -0.2) is 19.8 Å². The fourth-order valence-corrected chi connectivity index (χ4v) is 2.95. The highest BCUT2D eigenvalue weighted by atomic mass is 127. The molecular weight excluding hydrogens is 473 g/mol. The zero-order chi connectivity index (χ0) is 19.1. The number of aliphatic imine (C=N–C) groups is 1. The summed E-state index contributed by atoms with van der Waals surface area (Å²) in [5, 5.41) is 3.24. The van der Waals surface area contributed by atoms with E-state index in [9.17, 15) is 4.79 Å². The highest BCUT2D eigenvalue weighted by Gasteiger charge is 2.23. The van der Waals surface area contributed by atoms with Gasteiger partial charge in [-0.05, 0) is 37.5 Å². The molecule has 1 aliphatic heterocycles. The fourth-order valence-electron chi connectivity index (χ4n) is 2.95. The SMILES string of the molecule is CCOC(=O)N1CCC(NC(N)=NCc2ccnc(-n3ccnc3)c2)CC1.I. The molecule has 1 saturated heterocycles. The molecule has 0 radical (unpaired) electrons. The summed E-state index contributed by atoms with van der Waals surface area (Å²) < 4.78 is 6.87. The third-order valence-electron chi connectivity index (χ3n) is 4.38. The largest absolute Gasteiger partial charge is 0.450 e. The number of guanidine groups is 1. The van der Waals surface area contributed by atoms with Gasteiger partial charge in [0.2, 0.25) is 0 Å². The van der Waals surface area contributed by atoms with E-state index in [-0.39, 0.29) is 36.1 Å². The highest BCUT2D eigenvalue weighted by molar-refractivity contribution is 14.0. The van der Waals surface area contributed by atoms with Crippen LogP contribution in [0.1, 0.15) is 25.3 Å². The Hall–Kier alpha value is -2.37. The molecule has 3 N–H and O–H groups in total. The summed E-state index contributed by atoms with van der Waals surface area (Å²) in [6.45, 7) is 3.98. The number of ether oxygens (including phenoxy) is 1. The Kier molecular flexibility index (Phi) is 8.48. The highest BCUT2D eigenvalue weighted by Crippen LogP contribution is 2.12. The van der Waals surface area contributed by atoms with Gasteiger partial charge in [0.05, 0.1) is 13.2 Å². The molecule has 10 heteroatoms. The van der Waals surface area contributed by atoms with Crippen molar-refractivity contribution in [2.75, 3.05) is 19.7 Å². The Morgan fingerprint density at radius 3 is 2.86 bits per heavy atom. The van der Waals surface area contributed by atoms with Gasteiger partial charge < -0.3 is 20.7 Å². The number of carbonyl (C=O) groups is 1.